The maximum atomic E-state index is 14.2. The molecule has 3 rings (SSSR count). The molecule has 3 aromatic rings. The number of aliphatic carboxylic acids is 1. The maximum absolute atomic E-state index is 14.2. The van der Waals surface area contributed by atoms with Crippen LogP contribution in [0.4, 0.5) is 16.1 Å². The van der Waals surface area contributed by atoms with Gasteiger partial charge in [-0.1, -0.05) is 24.3 Å². The van der Waals surface area contributed by atoms with Crippen LogP contribution in [0, 0.1) is 5.82 Å². The van der Waals surface area contributed by atoms with Gasteiger partial charge in [-0.3, -0.25) is 4.79 Å². The molecule has 0 unspecified atom stereocenters. The number of carboxylic acid groups (broad SMARTS) is 1. The fourth-order valence-corrected chi connectivity index (χ4v) is 2.00. The van der Waals surface area contributed by atoms with Gasteiger partial charge in [-0.25, -0.2) is 4.39 Å². The number of hydrogen-bond donors (Lipinski definition) is 2. The number of carboxylic acids is 1. The minimum Gasteiger partial charge on any atom is -0.481 e. The van der Waals surface area contributed by atoms with Gasteiger partial charge in [0, 0.05) is 11.3 Å². The number of hydrogen-bond acceptors (Lipinski definition) is 4. The highest BCUT2D eigenvalue weighted by Gasteiger charge is 2.16. The Kier molecular flexibility index (Phi) is 3.27. The Balaban J connectivity index is 1.96. The van der Waals surface area contributed by atoms with Crippen molar-refractivity contribution in [3.8, 4) is 0 Å². The van der Waals surface area contributed by atoms with Gasteiger partial charge in [-0.15, -0.1) is 0 Å². The number of fused-ring (bicyclic) bond motifs is 1. The van der Waals surface area contributed by atoms with E-state index >= 15 is 0 Å². The molecule has 0 saturated carbocycles. The molecule has 0 fully saturated rings. The molecule has 106 valence electrons. The molecule has 0 radical (unpaired) electrons. The molecule has 0 spiro atoms. The Morgan fingerprint density at radius 1 is 1.24 bits per heavy atom. The molecular formula is C15H11FN2O3. The lowest BCUT2D eigenvalue weighted by Gasteiger charge is -1.99. The molecule has 0 amide bonds. The molecule has 1 heterocycles. The van der Waals surface area contributed by atoms with E-state index in [0.717, 1.165) is 5.69 Å². The number of aromatic nitrogens is 1. The molecule has 5 nitrogen and oxygen atoms in total. The lowest BCUT2D eigenvalue weighted by atomic mass is 10.1. The summed E-state index contributed by atoms with van der Waals surface area (Å²) in [5.74, 6) is -1.79. The van der Waals surface area contributed by atoms with E-state index in [1.165, 1.54) is 12.1 Å². The minimum atomic E-state index is -1.10. The Morgan fingerprint density at radius 2 is 2.00 bits per heavy atom. The summed E-state index contributed by atoms with van der Waals surface area (Å²) in [4.78, 5) is 14.8. The SMILES string of the molecule is O=C(O)Cc1ccc2nc(Nc3ccccc3)oc2c1F. The Bertz CT molecular complexity index is 799. The zero-order chi connectivity index (χ0) is 14.8. The predicted octanol–water partition coefficient (Wildman–Crippen LogP) is 3.34. The molecule has 6 heteroatoms. The number of nitrogens with zero attached hydrogens (tertiary/aromatic N) is 1. The van der Waals surface area contributed by atoms with Crippen molar-refractivity contribution in [2.45, 2.75) is 6.42 Å². The molecule has 1 aromatic heterocycles. The van der Waals surface area contributed by atoms with Crippen LogP contribution in [-0.4, -0.2) is 16.1 Å². The Hall–Kier alpha value is -2.89. The first kappa shape index (κ1) is 13.1. The number of nitrogens with one attached hydrogen (secondary N) is 1. The summed E-state index contributed by atoms with van der Waals surface area (Å²) in [7, 11) is 0. The number of carbonyl (C=O) groups is 1. The van der Waals surface area contributed by atoms with E-state index < -0.39 is 18.2 Å². The first-order valence-corrected chi connectivity index (χ1v) is 6.25. The number of rotatable bonds is 4. The number of anilines is 2. The van der Waals surface area contributed by atoms with E-state index in [9.17, 15) is 9.18 Å². The second-order valence-electron chi connectivity index (χ2n) is 4.47. The number of benzene rings is 2. The smallest absolute Gasteiger partial charge is 0.307 e. The molecule has 0 saturated heterocycles. The summed E-state index contributed by atoms with van der Waals surface area (Å²) in [6.45, 7) is 0. The van der Waals surface area contributed by atoms with Crippen LogP contribution in [0.1, 0.15) is 5.56 Å². The molecule has 2 N–H and O–H groups in total. The molecule has 0 aliphatic heterocycles. The fourth-order valence-electron chi connectivity index (χ4n) is 2.00. The van der Waals surface area contributed by atoms with Gasteiger partial charge in [0.2, 0.25) is 0 Å². The van der Waals surface area contributed by atoms with E-state index in [1.54, 1.807) is 0 Å². The Morgan fingerprint density at radius 3 is 2.71 bits per heavy atom. The first-order chi connectivity index (χ1) is 10.1. The lowest BCUT2D eigenvalue weighted by Crippen LogP contribution is -2.02. The molecule has 0 bridgehead atoms. The van der Waals surface area contributed by atoms with Crippen molar-refractivity contribution < 1.29 is 18.7 Å². The van der Waals surface area contributed by atoms with Crippen LogP contribution in [0.15, 0.2) is 46.9 Å². The zero-order valence-corrected chi connectivity index (χ0v) is 10.8. The number of para-hydroxylation sites is 1. The van der Waals surface area contributed by atoms with Gasteiger partial charge in [-0.2, -0.15) is 4.98 Å². The quantitative estimate of drug-likeness (QED) is 0.769. The van der Waals surface area contributed by atoms with Crippen molar-refractivity contribution in [3.63, 3.8) is 0 Å². The number of oxazole rings is 1. The van der Waals surface area contributed by atoms with Crippen LogP contribution in [0.2, 0.25) is 0 Å². The molecule has 0 aliphatic rings. The topological polar surface area (TPSA) is 75.4 Å². The van der Waals surface area contributed by atoms with Gasteiger partial charge >= 0.3 is 5.97 Å². The van der Waals surface area contributed by atoms with E-state index in [0.29, 0.717) is 5.52 Å². The standard InChI is InChI=1S/C15H11FN2O3/c16-13-9(8-12(19)20)6-7-11-14(13)21-15(18-11)17-10-4-2-1-3-5-10/h1-7H,8H2,(H,17,18)(H,19,20). The summed E-state index contributed by atoms with van der Waals surface area (Å²) >= 11 is 0. The molecule has 21 heavy (non-hydrogen) atoms. The highest BCUT2D eigenvalue weighted by Crippen LogP contribution is 2.26. The van der Waals surface area contributed by atoms with Crippen LogP contribution in [-0.2, 0) is 11.2 Å². The van der Waals surface area contributed by atoms with Crippen LogP contribution in [0.5, 0.6) is 0 Å². The van der Waals surface area contributed by atoms with Crippen molar-refractivity contribution in [1.29, 1.82) is 0 Å². The van der Waals surface area contributed by atoms with Gasteiger partial charge < -0.3 is 14.8 Å². The average molecular weight is 286 g/mol. The lowest BCUT2D eigenvalue weighted by molar-refractivity contribution is -0.136. The second-order valence-corrected chi connectivity index (χ2v) is 4.47. The van der Waals surface area contributed by atoms with E-state index in [2.05, 4.69) is 10.3 Å². The van der Waals surface area contributed by atoms with Crippen molar-refractivity contribution in [1.82, 2.24) is 4.98 Å². The zero-order valence-electron chi connectivity index (χ0n) is 10.8. The van der Waals surface area contributed by atoms with Crippen molar-refractivity contribution >= 4 is 28.8 Å². The fraction of sp³-hybridized carbons (Fsp3) is 0.0667. The highest BCUT2D eigenvalue weighted by molar-refractivity contribution is 5.79. The van der Waals surface area contributed by atoms with Crippen LogP contribution in [0.3, 0.4) is 0 Å². The average Bonchev–Trinajstić information content (AvgIpc) is 2.86. The third kappa shape index (κ3) is 2.69. The van der Waals surface area contributed by atoms with Crippen molar-refractivity contribution in [3.05, 3.63) is 53.8 Å². The summed E-state index contributed by atoms with van der Waals surface area (Å²) in [5.41, 5.74) is 1.11. The first-order valence-electron chi connectivity index (χ1n) is 6.25. The highest BCUT2D eigenvalue weighted by atomic mass is 19.1. The Labute approximate surface area is 119 Å². The van der Waals surface area contributed by atoms with Crippen LogP contribution < -0.4 is 5.32 Å². The second kappa shape index (κ2) is 5.24. The van der Waals surface area contributed by atoms with Gasteiger partial charge in [0.1, 0.15) is 5.52 Å². The normalized spacial score (nSPS) is 10.7. The van der Waals surface area contributed by atoms with Crippen molar-refractivity contribution in [2.75, 3.05) is 5.32 Å². The third-order valence-corrected chi connectivity index (χ3v) is 2.94. The summed E-state index contributed by atoms with van der Waals surface area (Å²) < 4.78 is 19.5. The van der Waals surface area contributed by atoms with Gasteiger partial charge in [-0.05, 0) is 18.2 Å². The van der Waals surface area contributed by atoms with Crippen LogP contribution in [0.25, 0.3) is 11.1 Å². The van der Waals surface area contributed by atoms with E-state index in [4.69, 9.17) is 9.52 Å². The summed E-state index contributed by atoms with van der Waals surface area (Å²) in [6.07, 6.45) is -0.399. The summed E-state index contributed by atoms with van der Waals surface area (Å²) in [5, 5.41) is 11.7. The maximum Gasteiger partial charge on any atom is 0.307 e. The minimum absolute atomic E-state index is 0.0489. The molecule has 0 aliphatic carbocycles. The third-order valence-electron chi connectivity index (χ3n) is 2.94. The molecule has 2 aromatic carbocycles. The van der Waals surface area contributed by atoms with E-state index in [-0.39, 0.29) is 17.2 Å². The number of halogens is 1. The van der Waals surface area contributed by atoms with Crippen molar-refractivity contribution in [2.24, 2.45) is 0 Å². The molecule has 0 atom stereocenters. The summed E-state index contributed by atoms with van der Waals surface area (Å²) in [6, 6.07) is 12.3. The largest absolute Gasteiger partial charge is 0.481 e. The van der Waals surface area contributed by atoms with Gasteiger partial charge in [0.05, 0.1) is 6.42 Å². The van der Waals surface area contributed by atoms with Crippen LogP contribution >= 0.6 is 0 Å². The van der Waals surface area contributed by atoms with Gasteiger partial charge in [0.15, 0.2) is 11.4 Å². The van der Waals surface area contributed by atoms with E-state index in [1.807, 2.05) is 30.3 Å². The van der Waals surface area contributed by atoms with Gasteiger partial charge in [0.25, 0.3) is 6.01 Å². The molecular weight excluding hydrogens is 275 g/mol. The predicted molar refractivity (Wildman–Crippen MR) is 75.0 cm³/mol. The monoisotopic (exact) mass is 286 g/mol.